The van der Waals surface area contributed by atoms with Crippen molar-refractivity contribution in [2.24, 2.45) is 0 Å². The van der Waals surface area contributed by atoms with E-state index in [1.165, 1.54) is 0 Å². The number of carbonyl (C=O) groups excluding carboxylic acids is 2. The van der Waals surface area contributed by atoms with Crippen molar-refractivity contribution >= 4 is 11.9 Å². The third-order valence-corrected chi connectivity index (χ3v) is 1.93. The van der Waals surface area contributed by atoms with Crippen LogP contribution in [0.25, 0.3) is 0 Å². The van der Waals surface area contributed by atoms with E-state index in [0.29, 0.717) is 13.2 Å². The molecule has 4 nitrogen and oxygen atoms in total. The van der Waals surface area contributed by atoms with Crippen LogP contribution in [-0.4, -0.2) is 25.0 Å². The lowest BCUT2D eigenvalue weighted by molar-refractivity contribution is -0.144. The van der Waals surface area contributed by atoms with Gasteiger partial charge in [0.05, 0.1) is 13.0 Å². The molecule has 0 heterocycles. The maximum Gasteiger partial charge on any atom is 0.306 e. The van der Waals surface area contributed by atoms with Gasteiger partial charge in [0.2, 0.25) is 5.91 Å². The molecule has 90 valence electrons. The molecule has 0 radical (unpaired) electrons. The van der Waals surface area contributed by atoms with Gasteiger partial charge < -0.3 is 10.1 Å². The van der Waals surface area contributed by atoms with E-state index in [1.807, 2.05) is 0 Å². The molecule has 0 spiro atoms. The van der Waals surface area contributed by atoms with Crippen molar-refractivity contribution in [3.8, 4) is 12.3 Å². The van der Waals surface area contributed by atoms with E-state index in [0.717, 1.165) is 19.3 Å². The number of nitrogens with one attached hydrogen (secondary N) is 1. The molecule has 0 aliphatic carbocycles. The van der Waals surface area contributed by atoms with Crippen molar-refractivity contribution in [3.05, 3.63) is 0 Å². The molecule has 0 atom stereocenters. The van der Waals surface area contributed by atoms with E-state index < -0.39 is 0 Å². The maximum atomic E-state index is 11.2. The molecular formula is C12H19NO3. The van der Waals surface area contributed by atoms with Crippen molar-refractivity contribution in [2.45, 2.75) is 39.0 Å². The van der Waals surface area contributed by atoms with E-state index in [4.69, 9.17) is 11.2 Å². The molecule has 0 aliphatic heterocycles. The molecule has 0 saturated carbocycles. The van der Waals surface area contributed by atoms with E-state index in [-0.39, 0.29) is 24.7 Å². The van der Waals surface area contributed by atoms with Crippen molar-refractivity contribution in [1.82, 2.24) is 5.32 Å². The summed E-state index contributed by atoms with van der Waals surface area (Å²) in [4.78, 5) is 22.2. The topological polar surface area (TPSA) is 55.4 Å². The van der Waals surface area contributed by atoms with Gasteiger partial charge in [-0.15, -0.1) is 12.3 Å². The summed E-state index contributed by atoms with van der Waals surface area (Å²) in [6, 6.07) is 0. The molecule has 1 amide bonds. The summed E-state index contributed by atoms with van der Waals surface area (Å²) in [5.41, 5.74) is 0. The zero-order chi connectivity index (χ0) is 12.2. The second kappa shape index (κ2) is 10.0. The number of ether oxygens (including phenoxy) is 1. The molecule has 4 heteroatoms. The van der Waals surface area contributed by atoms with Gasteiger partial charge >= 0.3 is 5.97 Å². The molecule has 0 aliphatic rings. The summed E-state index contributed by atoms with van der Waals surface area (Å²) in [5, 5.41) is 2.72. The first-order valence-electron chi connectivity index (χ1n) is 5.56. The van der Waals surface area contributed by atoms with Crippen LogP contribution in [0.4, 0.5) is 0 Å². The van der Waals surface area contributed by atoms with Crippen LogP contribution in [0.3, 0.4) is 0 Å². The summed E-state index contributed by atoms with van der Waals surface area (Å²) in [7, 11) is 0. The molecule has 0 aromatic heterocycles. The van der Waals surface area contributed by atoms with Crippen LogP contribution in [0.1, 0.15) is 39.0 Å². The monoisotopic (exact) mass is 225 g/mol. The number of rotatable bonds is 8. The predicted molar refractivity (Wildman–Crippen MR) is 61.6 cm³/mol. The molecule has 0 fully saturated rings. The van der Waals surface area contributed by atoms with Crippen LogP contribution in [0.5, 0.6) is 0 Å². The highest BCUT2D eigenvalue weighted by molar-refractivity contribution is 5.81. The number of amides is 1. The van der Waals surface area contributed by atoms with Gasteiger partial charge in [-0.2, -0.15) is 0 Å². The van der Waals surface area contributed by atoms with E-state index in [9.17, 15) is 9.59 Å². The molecule has 0 unspecified atom stereocenters. The summed E-state index contributed by atoms with van der Waals surface area (Å²) in [5.74, 6) is 2.09. The first kappa shape index (κ1) is 14.5. The standard InChI is InChI=1S/C12H19NO3/c1-3-5-6-7-10-13-11(14)8-9-12(15)16-4-2/h1H,4-10H2,2H3,(H,13,14). The van der Waals surface area contributed by atoms with Gasteiger partial charge in [-0.05, 0) is 19.8 Å². The average Bonchev–Trinajstić information content (AvgIpc) is 2.26. The molecule has 0 aromatic carbocycles. The van der Waals surface area contributed by atoms with Gasteiger partial charge in [-0.3, -0.25) is 9.59 Å². The Kier molecular flexibility index (Phi) is 9.09. The van der Waals surface area contributed by atoms with Crippen molar-refractivity contribution in [1.29, 1.82) is 0 Å². The predicted octanol–water partition coefficient (Wildman–Crippen LogP) is 1.25. The average molecular weight is 225 g/mol. The zero-order valence-electron chi connectivity index (χ0n) is 9.75. The fourth-order valence-corrected chi connectivity index (χ4v) is 1.12. The summed E-state index contributed by atoms with van der Waals surface area (Å²) in [6.45, 7) is 2.71. The van der Waals surface area contributed by atoms with Gasteiger partial charge in [0, 0.05) is 19.4 Å². The minimum Gasteiger partial charge on any atom is -0.466 e. The second-order valence-electron chi connectivity index (χ2n) is 3.32. The van der Waals surface area contributed by atoms with E-state index in [2.05, 4.69) is 11.2 Å². The van der Waals surface area contributed by atoms with Crippen LogP contribution in [0.2, 0.25) is 0 Å². The minimum atomic E-state index is -0.329. The lowest BCUT2D eigenvalue weighted by Gasteiger charge is -2.04. The highest BCUT2D eigenvalue weighted by Gasteiger charge is 2.06. The number of hydrogen-bond acceptors (Lipinski definition) is 3. The first-order chi connectivity index (χ1) is 7.70. The summed E-state index contributed by atoms with van der Waals surface area (Å²) >= 11 is 0. The Hall–Kier alpha value is -1.50. The molecular weight excluding hydrogens is 206 g/mol. The van der Waals surface area contributed by atoms with E-state index in [1.54, 1.807) is 6.92 Å². The zero-order valence-corrected chi connectivity index (χ0v) is 9.75. The third kappa shape index (κ3) is 9.07. The van der Waals surface area contributed by atoms with E-state index >= 15 is 0 Å². The fourth-order valence-electron chi connectivity index (χ4n) is 1.12. The molecule has 0 rings (SSSR count). The van der Waals surface area contributed by atoms with Gasteiger partial charge in [0.1, 0.15) is 0 Å². The van der Waals surface area contributed by atoms with Gasteiger partial charge in [0.25, 0.3) is 0 Å². The summed E-state index contributed by atoms with van der Waals surface area (Å²) < 4.78 is 4.71. The highest BCUT2D eigenvalue weighted by atomic mass is 16.5. The Balaban J connectivity index is 3.38. The molecule has 0 bridgehead atoms. The van der Waals surface area contributed by atoms with Gasteiger partial charge in [-0.1, -0.05) is 0 Å². The lowest BCUT2D eigenvalue weighted by atomic mass is 10.2. The Labute approximate surface area is 96.7 Å². The normalized spacial score (nSPS) is 9.25. The smallest absolute Gasteiger partial charge is 0.306 e. The number of hydrogen-bond donors (Lipinski definition) is 1. The summed E-state index contributed by atoms with van der Waals surface area (Å²) in [6.07, 6.45) is 7.94. The SMILES string of the molecule is C#CCCCCNC(=O)CCC(=O)OCC. The van der Waals surface area contributed by atoms with Crippen molar-refractivity contribution in [3.63, 3.8) is 0 Å². The van der Waals surface area contributed by atoms with Crippen LogP contribution < -0.4 is 5.32 Å². The molecule has 0 aromatic rings. The van der Waals surface area contributed by atoms with Crippen LogP contribution in [0.15, 0.2) is 0 Å². The molecule has 0 saturated heterocycles. The van der Waals surface area contributed by atoms with Crippen LogP contribution in [0, 0.1) is 12.3 Å². The Morgan fingerprint density at radius 3 is 2.69 bits per heavy atom. The number of carbonyl (C=O) groups is 2. The Bertz CT molecular complexity index is 255. The lowest BCUT2D eigenvalue weighted by Crippen LogP contribution is -2.25. The van der Waals surface area contributed by atoms with Gasteiger partial charge in [0.15, 0.2) is 0 Å². The minimum absolute atomic E-state index is 0.117. The number of terminal acetylenes is 1. The molecule has 16 heavy (non-hydrogen) atoms. The van der Waals surface area contributed by atoms with Crippen LogP contribution in [-0.2, 0) is 14.3 Å². The first-order valence-corrected chi connectivity index (χ1v) is 5.56. The quantitative estimate of drug-likeness (QED) is 0.384. The third-order valence-electron chi connectivity index (χ3n) is 1.93. The largest absolute Gasteiger partial charge is 0.466 e. The Morgan fingerprint density at radius 1 is 1.31 bits per heavy atom. The van der Waals surface area contributed by atoms with Crippen molar-refractivity contribution < 1.29 is 14.3 Å². The second-order valence-corrected chi connectivity index (χ2v) is 3.32. The fraction of sp³-hybridized carbons (Fsp3) is 0.667. The maximum absolute atomic E-state index is 11.2. The van der Waals surface area contributed by atoms with Gasteiger partial charge in [-0.25, -0.2) is 0 Å². The van der Waals surface area contributed by atoms with Crippen molar-refractivity contribution in [2.75, 3.05) is 13.2 Å². The highest BCUT2D eigenvalue weighted by Crippen LogP contribution is 1.95. The van der Waals surface area contributed by atoms with Crippen LogP contribution >= 0.6 is 0 Å². The number of esters is 1. The molecule has 1 N–H and O–H groups in total. The Morgan fingerprint density at radius 2 is 2.06 bits per heavy atom. The number of unbranched alkanes of at least 4 members (excludes halogenated alkanes) is 2.